The molecule has 0 amide bonds. The molecule has 0 bridgehead atoms. The Morgan fingerprint density at radius 3 is 2.35 bits per heavy atom. The zero-order valence-corrected chi connectivity index (χ0v) is 12.6. The van der Waals surface area contributed by atoms with Crippen molar-refractivity contribution in [1.82, 2.24) is 4.98 Å². The number of anilines is 1. The van der Waals surface area contributed by atoms with E-state index >= 15 is 0 Å². The molecule has 0 unspecified atom stereocenters. The molecule has 1 aromatic heterocycles. The average Bonchev–Trinajstić information content (AvgIpc) is 2.56. The SMILES string of the molecule is COc1cc(N)c(/C=C/B2OC(C)(C)C(C)(C)O2)cn1. The van der Waals surface area contributed by atoms with E-state index in [-0.39, 0.29) is 18.3 Å². The first-order valence-corrected chi connectivity index (χ1v) is 6.58. The van der Waals surface area contributed by atoms with Gasteiger partial charge in [0.05, 0.1) is 18.3 Å². The molecule has 1 saturated heterocycles. The van der Waals surface area contributed by atoms with Crippen LogP contribution in [0.5, 0.6) is 5.88 Å². The second-order valence-electron chi connectivity index (χ2n) is 5.84. The van der Waals surface area contributed by atoms with E-state index in [1.165, 1.54) is 0 Å². The first kappa shape index (κ1) is 14.9. The molecule has 1 aliphatic heterocycles. The van der Waals surface area contributed by atoms with Crippen LogP contribution in [-0.4, -0.2) is 30.4 Å². The zero-order chi connectivity index (χ0) is 15.0. The number of hydrogen-bond acceptors (Lipinski definition) is 5. The van der Waals surface area contributed by atoms with Crippen molar-refractivity contribution in [3.63, 3.8) is 0 Å². The van der Waals surface area contributed by atoms with E-state index in [4.69, 9.17) is 19.8 Å². The largest absolute Gasteiger partial charge is 0.487 e. The summed E-state index contributed by atoms with van der Waals surface area (Å²) < 4.78 is 16.8. The van der Waals surface area contributed by atoms with Gasteiger partial charge in [-0.15, -0.1) is 0 Å². The van der Waals surface area contributed by atoms with Gasteiger partial charge in [0.1, 0.15) is 0 Å². The Hall–Kier alpha value is -1.53. The normalized spacial score (nSPS) is 20.6. The Labute approximate surface area is 120 Å². The fourth-order valence-electron chi connectivity index (χ4n) is 1.86. The Morgan fingerprint density at radius 1 is 1.25 bits per heavy atom. The van der Waals surface area contributed by atoms with Crippen molar-refractivity contribution in [3.8, 4) is 5.88 Å². The standard InChI is InChI=1S/C14H21BN2O3/c1-13(2)14(3,4)20-15(19-13)7-6-10-9-17-12(18-5)8-11(10)16/h6-9H,1-5H3,(H2,16,17)/b7-6+. The van der Waals surface area contributed by atoms with Gasteiger partial charge in [0.15, 0.2) is 0 Å². The van der Waals surface area contributed by atoms with E-state index in [1.807, 2.05) is 39.7 Å². The molecule has 1 aliphatic rings. The fourth-order valence-corrected chi connectivity index (χ4v) is 1.86. The molecule has 0 spiro atoms. The number of nitrogens with zero attached hydrogens (tertiary/aromatic N) is 1. The topological polar surface area (TPSA) is 66.6 Å². The molecule has 20 heavy (non-hydrogen) atoms. The third kappa shape index (κ3) is 2.81. The van der Waals surface area contributed by atoms with Gasteiger partial charge in [-0.1, -0.05) is 12.1 Å². The molecule has 2 N–H and O–H groups in total. The summed E-state index contributed by atoms with van der Waals surface area (Å²) in [5, 5.41) is 0. The summed E-state index contributed by atoms with van der Waals surface area (Å²) in [5.74, 6) is 2.34. The first-order valence-electron chi connectivity index (χ1n) is 6.58. The third-order valence-electron chi connectivity index (χ3n) is 3.86. The summed E-state index contributed by atoms with van der Waals surface area (Å²) in [4.78, 5) is 4.13. The summed E-state index contributed by atoms with van der Waals surface area (Å²) in [6, 6.07) is 1.68. The molecule has 108 valence electrons. The molecule has 5 nitrogen and oxygen atoms in total. The lowest BCUT2D eigenvalue weighted by Gasteiger charge is -2.32. The lowest BCUT2D eigenvalue weighted by Crippen LogP contribution is -2.41. The monoisotopic (exact) mass is 276 g/mol. The van der Waals surface area contributed by atoms with Gasteiger partial charge in [-0.2, -0.15) is 0 Å². The average molecular weight is 276 g/mol. The lowest BCUT2D eigenvalue weighted by atomic mass is 9.89. The predicted molar refractivity (Wildman–Crippen MR) is 80.3 cm³/mol. The van der Waals surface area contributed by atoms with Crippen molar-refractivity contribution >= 4 is 18.9 Å². The molecule has 2 rings (SSSR count). The van der Waals surface area contributed by atoms with Crippen LogP contribution in [0.3, 0.4) is 0 Å². The summed E-state index contributed by atoms with van der Waals surface area (Å²) in [5.41, 5.74) is 6.66. The number of pyridine rings is 1. The minimum Gasteiger partial charge on any atom is -0.481 e. The van der Waals surface area contributed by atoms with Crippen LogP contribution in [0.2, 0.25) is 0 Å². The number of rotatable bonds is 3. The predicted octanol–water partition coefficient (Wildman–Crippen LogP) is 2.32. The molecule has 1 fully saturated rings. The summed E-state index contributed by atoms with van der Waals surface area (Å²) in [6.45, 7) is 8.07. The van der Waals surface area contributed by atoms with Gasteiger partial charge in [-0.25, -0.2) is 4.98 Å². The maximum absolute atomic E-state index is 5.94. The summed E-state index contributed by atoms with van der Waals surface area (Å²) in [7, 11) is 1.17. The number of nitrogen functional groups attached to an aromatic ring is 1. The van der Waals surface area contributed by atoms with Crippen LogP contribution in [0.25, 0.3) is 6.08 Å². The molecule has 0 aromatic carbocycles. The zero-order valence-electron chi connectivity index (χ0n) is 12.6. The molecule has 2 heterocycles. The number of aromatic nitrogens is 1. The van der Waals surface area contributed by atoms with Gasteiger partial charge in [0.25, 0.3) is 0 Å². The van der Waals surface area contributed by atoms with Crippen LogP contribution in [0.1, 0.15) is 33.3 Å². The van der Waals surface area contributed by atoms with E-state index in [0.717, 1.165) is 5.56 Å². The highest BCUT2D eigenvalue weighted by Gasteiger charge is 2.49. The molecule has 0 aliphatic carbocycles. The van der Waals surface area contributed by atoms with E-state index in [1.54, 1.807) is 19.4 Å². The van der Waals surface area contributed by atoms with Crippen LogP contribution in [0.4, 0.5) is 5.69 Å². The molecule has 1 aromatic rings. The molecular weight excluding hydrogens is 255 g/mol. The highest BCUT2D eigenvalue weighted by molar-refractivity contribution is 6.52. The number of nitrogens with two attached hydrogens (primary N) is 1. The van der Waals surface area contributed by atoms with E-state index in [0.29, 0.717) is 11.6 Å². The summed E-state index contributed by atoms with van der Waals surface area (Å²) >= 11 is 0. The minimum absolute atomic E-state index is 0.342. The van der Waals surface area contributed by atoms with Crippen LogP contribution in [-0.2, 0) is 9.31 Å². The van der Waals surface area contributed by atoms with Crippen molar-refractivity contribution < 1.29 is 14.0 Å². The van der Waals surface area contributed by atoms with Gasteiger partial charge in [-0.3, -0.25) is 0 Å². The van der Waals surface area contributed by atoms with Gasteiger partial charge in [0, 0.05) is 23.5 Å². The van der Waals surface area contributed by atoms with Crippen molar-refractivity contribution in [2.45, 2.75) is 38.9 Å². The van der Waals surface area contributed by atoms with Gasteiger partial charge < -0.3 is 19.8 Å². The Morgan fingerprint density at radius 2 is 1.85 bits per heavy atom. The molecule has 0 saturated carbocycles. The minimum atomic E-state index is -0.387. The van der Waals surface area contributed by atoms with E-state index < -0.39 is 0 Å². The molecule has 0 radical (unpaired) electrons. The molecule has 6 heteroatoms. The maximum Gasteiger partial charge on any atom is 0.487 e. The second-order valence-corrected chi connectivity index (χ2v) is 5.84. The summed E-state index contributed by atoms with van der Waals surface area (Å²) in [6.07, 6.45) is 3.51. The highest BCUT2D eigenvalue weighted by Crippen LogP contribution is 2.37. The van der Waals surface area contributed by atoms with Crippen LogP contribution >= 0.6 is 0 Å². The first-order chi connectivity index (χ1) is 9.25. The Bertz CT molecular complexity index is 513. The molecular formula is C14H21BN2O3. The second kappa shape index (κ2) is 5.11. The maximum atomic E-state index is 5.94. The van der Waals surface area contributed by atoms with Crippen molar-refractivity contribution in [3.05, 3.63) is 23.8 Å². The van der Waals surface area contributed by atoms with Crippen LogP contribution in [0.15, 0.2) is 18.2 Å². The van der Waals surface area contributed by atoms with Crippen molar-refractivity contribution in [1.29, 1.82) is 0 Å². The van der Waals surface area contributed by atoms with Gasteiger partial charge in [0.2, 0.25) is 5.88 Å². The van der Waals surface area contributed by atoms with Gasteiger partial charge in [-0.05, 0) is 27.7 Å². The van der Waals surface area contributed by atoms with Crippen molar-refractivity contribution in [2.24, 2.45) is 0 Å². The van der Waals surface area contributed by atoms with Gasteiger partial charge >= 0.3 is 7.12 Å². The lowest BCUT2D eigenvalue weighted by molar-refractivity contribution is 0.00578. The Kier molecular flexibility index (Phi) is 3.80. The number of ether oxygens (including phenoxy) is 1. The van der Waals surface area contributed by atoms with Crippen LogP contribution in [0, 0.1) is 0 Å². The number of hydrogen-bond donors (Lipinski definition) is 1. The fraction of sp³-hybridized carbons (Fsp3) is 0.500. The van der Waals surface area contributed by atoms with Crippen LogP contribution < -0.4 is 10.5 Å². The highest BCUT2D eigenvalue weighted by atomic mass is 16.7. The smallest absolute Gasteiger partial charge is 0.481 e. The molecule has 0 atom stereocenters. The van der Waals surface area contributed by atoms with E-state index in [2.05, 4.69) is 4.98 Å². The quantitative estimate of drug-likeness (QED) is 0.858. The number of methoxy groups -OCH3 is 1. The van der Waals surface area contributed by atoms with Crippen molar-refractivity contribution in [2.75, 3.05) is 12.8 Å². The van der Waals surface area contributed by atoms with E-state index in [9.17, 15) is 0 Å². The third-order valence-corrected chi connectivity index (χ3v) is 3.86. The Balaban J connectivity index is 2.12.